The van der Waals surface area contributed by atoms with Gasteiger partial charge >= 0.3 is 17.9 Å². The Labute approximate surface area is 117 Å². The van der Waals surface area contributed by atoms with E-state index >= 15 is 0 Å². The first-order valence-corrected chi connectivity index (χ1v) is 5.88. The SMILES string of the molecule is C#CCCC(=O)OC(=N)CCC(=O)OC(=O)CCC#C. The van der Waals surface area contributed by atoms with E-state index in [4.69, 9.17) is 18.3 Å². The molecule has 6 nitrogen and oxygen atoms in total. The molecule has 20 heavy (non-hydrogen) atoms. The largest absolute Gasteiger partial charge is 0.412 e. The number of rotatable bonds is 7. The van der Waals surface area contributed by atoms with Crippen LogP contribution in [0.3, 0.4) is 0 Å². The summed E-state index contributed by atoms with van der Waals surface area (Å²) >= 11 is 0. The molecule has 0 aliphatic carbocycles. The van der Waals surface area contributed by atoms with Crippen molar-refractivity contribution in [2.24, 2.45) is 0 Å². The van der Waals surface area contributed by atoms with Crippen molar-refractivity contribution in [2.45, 2.75) is 38.5 Å². The number of carbonyl (C=O) groups is 3. The molecule has 0 aliphatic rings. The van der Waals surface area contributed by atoms with Crippen molar-refractivity contribution in [2.75, 3.05) is 0 Å². The molecule has 0 rings (SSSR count). The molecule has 6 heteroatoms. The van der Waals surface area contributed by atoms with Crippen LogP contribution in [0.4, 0.5) is 0 Å². The van der Waals surface area contributed by atoms with E-state index in [0.29, 0.717) is 0 Å². The number of hydrogen-bond acceptors (Lipinski definition) is 6. The van der Waals surface area contributed by atoms with Crippen LogP contribution >= 0.6 is 0 Å². The van der Waals surface area contributed by atoms with Crippen molar-refractivity contribution in [1.82, 2.24) is 0 Å². The van der Waals surface area contributed by atoms with Gasteiger partial charge in [0.2, 0.25) is 0 Å². The number of ether oxygens (including phenoxy) is 2. The van der Waals surface area contributed by atoms with Gasteiger partial charge in [-0.15, -0.1) is 24.7 Å². The Balaban J connectivity index is 3.87. The molecule has 0 atom stereocenters. The van der Waals surface area contributed by atoms with Crippen molar-refractivity contribution < 1.29 is 23.9 Å². The van der Waals surface area contributed by atoms with E-state index in [1.165, 1.54) is 0 Å². The summed E-state index contributed by atoms with van der Waals surface area (Å²) in [4.78, 5) is 33.4. The highest BCUT2D eigenvalue weighted by atomic mass is 16.6. The fourth-order valence-corrected chi connectivity index (χ4v) is 1.03. The van der Waals surface area contributed by atoms with Gasteiger partial charge in [-0.25, -0.2) is 0 Å². The summed E-state index contributed by atoms with van der Waals surface area (Å²) in [6.07, 6.45) is 9.93. The van der Waals surface area contributed by atoms with Crippen LogP contribution in [-0.2, 0) is 23.9 Å². The second kappa shape index (κ2) is 10.3. The number of hydrogen-bond donors (Lipinski definition) is 1. The first kappa shape index (κ1) is 17.4. The molecule has 106 valence electrons. The number of esters is 3. The Bertz CT molecular complexity index is 423. The molecule has 1 N–H and O–H groups in total. The van der Waals surface area contributed by atoms with Gasteiger partial charge in [0.15, 0.2) is 5.90 Å². The number of terminal acetylenes is 2. The smallest absolute Gasteiger partial charge is 0.314 e. The van der Waals surface area contributed by atoms with Crippen LogP contribution in [0.15, 0.2) is 0 Å². The summed E-state index contributed by atoms with van der Waals surface area (Å²) in [5, 5.41) is 7.33. The van der Waals surface area contributed by atoms with Gasteiger partial charge in [0, 0.05) is 19.3 Å². The Morgan fingerprint density at radius 1 is 0.800 bits per heavy atom. The second-order valence-electron chi connectivity index (χ2n) is 3.65. The molecule has 0 radical (unpaired) electrons. The molecular formula is C14H15NO5. The predicted molar refractivity (Wildman–Crippen MR) is 70.3 cm³/mol. The summed E-state index contributed by atoms with van der Waals surface area (Å²) in [5.74, 6) is 1.99. The maximum atomic E-state index is 11.2. The van der Waals surface area contributed by atoms with Crippen molar-refractivity contribution in [3.63, 3.8) is 0 Å². The van der Waals surface area contributed by atoms with Crippen LogP contribution in [0, 0.1) is 30.1 Å². The zero-order valence-corrected chi connectivity index (χ0v) is 10.9. The monoisotopic (exact) mass is 277 g/mol. The number of carbonyl (C=O) groups excluding carboxylic acids is 3. The van der Waals surface area contributed by atoms with Gasteiger partial charge in [-0.05, 0) is 0 Å². The Morgan fingerprint density at radius 2 is 1.25 bits per heavy atom. The van der Waals surface area contributed by atoms with Gasteiger partial charge in [0.25, 0.3) is 0 Å². The highest BCUT2D eigenvalue weighted by molar-refractivity contribution is 5.90. The summed E-state index contributed by atoms with van der Waals surface area (Å²) in [5.41, 5.74) is 0. The Hall–Kier alpha value is -2.60. The van der Waals surface area contributed by atoms with E-state index in [0.717, 1.165) is 0 Å². The van der Waals surface area contributed by atoms with E-state index < -0.39 is 17.9 Å². The second-order valence-corrected chi connectivity index (χ2v) is 3.65. The molecule has 0 aromatic rings. The first-order valence-electron chi connectivity index (χ1n) is 5.88. The minimum Gasteiger partial charge on any atom is -0.412 e. The zero-order chi connectivity index (χ0) is 15.4. The molecule has 0 unspecified atom stereocenters. The summed E-state index contributed by atoms with van der Waals surface area (Å²) in [6, 6.07) is 0. The Kier molecular flexibility index (Phi) is 8.99. The topological polar surface area (TPSA) is 93.5 Å². The fourth-order valence-electron chi connectivity index (χ4n) is 1.03. The summed E-state index contributed by atoms with van der Waals surface area (Å²) in [6.45, 7) is 0. The molecule has 0 spiro atoms. The van der Waals surface area contributed by atoms with Crippen LogP contribution in [0.1, 0.15) is 38.5 Å². The lowest BCUT2D eigenvalue weighted by atomic mass is 10.3. The van der Waals surface area contributed by atoms with Crippen LogP contribution in [0.25, 0.3) is 0 Å². The molecule has 0 aromatic heterocycles. The highest BCUT2D eigenvalue weighted by Crippen LogP contribution is 2.01. The van der Waals surface area contributed by atoms with Crippen molar-refractivity contribution in [1.29, 1.82) is 5.41 Å². The molecular weight excluding hydrogens is 262 g/mol. The van der Waals surface area contributed by atoms with E-state index in [9.17, 15) is 14.4 Å². The lowest BCUT2D eigenvalue weighted by molar-refractivity contribution is -0.159. The maximum Gasteiger partial charge on any atom is 0.314 e. The molecule has 0 heterocycles. The zero-order valence-electron chi connectivity index (χ0n) is 10.9. The van der Waals surface area contributed by atoms with Gasteiger partial charge in [-0.1, -0.05) is 0 Å². The van der Waals surface area contributed by atoms with Crippen molar-refractivity contribution in [3.8, 4) is 24.7 Å². The average molecular weight is 277 g/mol. The quantitative estimate of drug-likeness (QED) is 0.248. The van der Waals surface area contributed by atoms with E-state index in [-0.39, 0.29) is 44.4 Å². The molecule has 0 saturated heterocycles. The summed E-state index contributed by atoms with van der Waals surface area (Å²) < 4.78 is 9.04. The van der Waals surface area contributed by atoms with E-state index in [1.54, 1.807) is 0 Å². The van der Waals surface area contributed by atoms with Gasteiger partial charge in [0.05, 0.1) is 19.3 Å². The van der Waals surface area contributed by atoms with Crippen molar-refractivity contribution in [3.05, 3.63) is 0 Å². The predicted octanol–water partition coefficient (Wildman–Crippen LogP) is 1.18. The third-order valence-corrected chi connectivity index (χ3v) is 1.97. The minimum absolute atomic E-state index is 0.00784. The molecule has 0 fully saturated rings. The van der Waals surface area contributed by atoms with Crippen molar-refractivity contribution >= 4 is 23.8 Å². The lowest BCUT2D eigenvalue weighted by Crippen LogP contribution is -2.16. The van der Waals surface area contributed by atoms with Crippen LogP contribution in [0.5, 0.6) is 0 Å². The van der Waals surface area contributed by atoms with Crippen LogP contribution in [-0.4, -0.2) is 23.8 Å². The molecule has 0 aliphatic heterocycles. The summed E-state index contributed by atoms with van der Waals surface area (Å²) in [7, 11) is 0. The van der Waals surface area contributed by atoms with Crippen LogP contribution < -0.4 is 0 Å². The fraction of sp³-hybridized carbons (Fsp3) is 0.429. The molecule has 0 amide bonds. The van der Waals surface area contributed by atoms with Crippen LogP contribution in [0.2, 0.25) is 0 Å². The van der Waals surface area contributed by atoms with Gasteiger partial charge in [-0.3, -0.25) is 19.8 Å². The Morgan fingerprint density at radius 3 is 1.75 bits per heavy atom. The van der Waals surface area contributed by atoms with Gasteiger partial charge in [-0.2, -0.15) is 0 Å². The third-order valence-electron chi connectivity index (χ3n) is 1.97. The highest BCUT2D eigenvalue weighted by Gasteiger charge is 2.13. The van der Waals surface area contributed by atoms with Gasteiger partial charge < -0.3 is 9.47 Å². The molecule has 0 bridgehead atoms. The van der Waals surface area contributed by atoms with E-state index in [2.05, 4.69) is 21.3 Å². The maximum absolute atomic E-state index is 11.2. The normalized spacial score (nSPS) is 8.90. The number of nitrogens with one attached hydrogen (secondary N) is 1. The lowest BCUT2D eigenvalue weighted by Gasteiger charge is -2.04. The molecule has 0 saturated carbocycles. The first-order chi connectivity index (χ1) is 9.49. The van der Waals surface area contributed by atoms with Gasteiger partial charge in [0.1, 0.15) is 0 Å². The third kappa shape index (κ3) is 9.43. The average Bonchev–Trinajstić information content (AvgIpc) is 2.40. The standard InChI is InChI=1S/C14H15NO5/c1-3-5-7-12(16)19-11(15)9-10-14(18)20-13(17)8-6-4-2/h1-2,15H,5-10H2. The molecule has 0 aromatic carbocycles. The minimum atomic E-state index is -0.795. The van der Waals surface area contributed by atoms with E-state index in [1.807, 2.05) is 0 Å².